The van der Waals surface area contributed by atoms with Gasteiger partial charge in [0.1, 0.15) is 5.75 Å². The molecule has 2 rings (SSSR count). The van der Waals surface area contributed by atoms with E-state index in [4.69, 9.17) is 10.5 Å². The smallest absolute Gasteiger partial charge is 0.258 e. The lowest BCUT2D eigenvalue weighted by molar-refractivity contribution is -0.123. The second-order valence-corrected chi connectivity index (χ2v) is 5.03. The van der Waals surface area contributed by atoms with Gasteiger partial charge in [0.05, 0.1) is 0 Å². The minimum Gasteiger partial charge on any atom is -0.481 e. The molecular weight excluding hydrogens is 240 g/mol. The summed E-state index contributed by atoms with van der Waals surface area (Å²) in [6, 6.07) is 6.46. The molecule has 0 spiro atoms. The van der Waals surface area contributed by atoms with Crippen LogP contribution in [0.5, 0.6) is 5.75 Å². The molecule has 1 aliphatic carbocycles. The zero-order chi connectivity index (χ0) is 13.8. The molecule has 0 fully saturated rings. The van der Waals surface area contributed by atoms with Crippen molar-refractivity contribution in [2.45, 2.75) is 45.3 Å². The molecule has 1 aromatic carbocycles. The van der Waals surface area contributed by atoms with Crippen molar-refractivity contribution < 1.29 is 9.53 Å². The summed E-state index contributed by atoms with van der Waals surface area (Å²) < 4.78 is 5.57. The summed E-state index contributed by atoms with van der Waals surface area (Å²) in [7, 11) is 0. The van der Waals surface area contributed by atoms with Crippen LogP contribution in [-0.4, -0.2) is 18.6 Å². The number of nitrogens with one attached hydrogen (secondary N) is 1. The topological polar surface area (TPSA) is 64.3 Å². The molecule has 4 heteroatoms. The zero-order valence-electron chi connectivity index (χ0n) is 11.6. The fraction of sp³-hybridized carbons (Fsp3) is 0.533. The Bertz CT molecular complexity index is 459. The summed E-state index contributed by atoms with van der Waals surface area (Å²) in [5.74, 6) is 0.274. The van der Waals surface area contributed by atoms with Gasteiger partial charge in [0.2, 0.25) is 0 Å². The molecule has 0 radical (unpaired) electrons. The molecule has 0 bridgehead atoms. The number of fused-ring (bicyclic) bond motifs is 1. The summed E-state index contributed by atoms with van der Waals surface area (Å²) in [6.07, 6.45) is 2.88. The Kier molecular flexibility index (Phi) is 4.43. The Balaban J connectivity index is 2.20. The average molecular weight is 262 g/mol. The lowest BCUT2D eigenvalue weighted by Gasteiger charge is -2.27. The fourth-order valence-electron chi connectivity index (χ4n) is 2.57. The second-order valence-electron chi connectivity index (χ2n) is 5.03. The monoisotopic (exact) mass is 262 g/mol. The maximum atomic E-state index is 11.0. The van der Waals surface area contributed by atoms with Gasteiger partial charge >= 0.3 is 0 Å². The van der Waals surface area contributed by atoms with Gasteiger partial charge in [-0.15, -0.1) is 0 Å². The molecular formula is C15H22N2O2. The number of rotatable bonds is 5. The van der Waals surface area contributed by atoms with E-state index in [1.54, 1.807) is 6.92 Å². The number of aryl methyl sites for hydroxylation is 1. The molecule has 104 valence electrons. The van der Waals surface area contributed by atoms with Gasteiger partial charge in [-0.25, -0.2) is 0 Å². The Morgan fingerprint density at radius 3 is 3.05 bits per heavy atom. The van der Waals surface area contributed by atoms with Crippen LogP contribution in [-0.2, 0) is 11.2 Å². The third-order valence-electron chi connectivity index (χ3n) is 3.60. The average Bonchev–Trinajstić information content (AvgIpc) is 2.39. The van der Waals surface area contributed by atoms with E-state index in [0.29, 0.717) is 6.04 Å². The summed E-state index contributed by atoms with van der Waals surface area (Å²) in [6.45, 7) is 4.74. The number of amides is 1. The van der Waals surface area contributed by atoms with E-state index < -0.39 is 12.0 Å². The van der Waals surface area contributed by atoms with Crippen LogP contribution in [0.4, 0.5) is 0 Å². The minimum absolute atomic E-state index is 0.390. The number of nitrogens with two attached hydrogens (primary N) is 1. The highest BCUT2D eigenvalue weighted by molar-refractivity contribution is 5.78. The van der Waals surface area contributed by atoms with Crippen LogP contribution in [0.25, 0.3) is 0 Å². The number of hydrogen-bond acceptors (Lipinski definition) is 3. The van der Waals surface area contributed by atoms with Crippen molar-refractivity contribution in [1.82, 2.24) is 5.32 Å². The van der Waals surface area contributed by atoms with Crippen molar-refractivity contribution in [2.24, 2.45) is 5.73 Å². The third-order valence-corrected chi connectivity index (χ3v) is 3.60. The Morgan fingerprint density at radius 1 is 1.58 bits per heavy atom. The van der Waals surface area contributed by atoms with E-state index >= 15 is 0 Å². The SMILES string of the molecule is CCNC1CCCc2ccc(OC(C)C(N)=O)cc21. The van der Waals surface area contributed by atoms with Crippen LogP contribution >= 0.6 is 0 Å². The fourth-order valence-corrected chi connectivity index (χ4v) is 2.57. The first-order chi connectivity index (χ1) is 9.11. The number of carbonyl (C=O) groups excluding carboxylic acids is 1. The van der Waals surface area contributed by atoms with Gasteiger partial charge in [0, 0.05) is 6.04 Å². The lowest BCUT2D eigenvalue weighted by atomic mass is 9.87. The highest BCUT2D eigenvalue weighted by atomic mass is 16.5. The van der Waals surface area contributed by atoms with Gasteiger partial charge in [0.15, 0.2) is 6.10 Å². The lowest BCUT2D eigenvalue weighted by Crippen LogP contribution is -2.31. The van der Waals surface area contributed by atoms with Crippen LogP contribution in [0.2, 0.25) is 0 Å². The predicted molar refractivity (Wildman–Crippen MR) is 75.1 cm³/mol. The third kappa shape index (κ3) is 3.26. The zero-order valence-corrected chi connectivity index (χ0v) is 11.6. The molecule has 0 saturated carbocycles. The predicted octanol–water partition coefficient (Wildman–Crippen LogP) is 1.93. The summed E-state index contributed by atoms with van der Waals surface area (Å²) >= 11 is 0. The molecule has 0 aromatic heterocycles. The van der Waals surface area contributed by atoms with Crippen molar-refractivity contribution in [3.8, 4) is 5.75 Å². The Labute approximate surface area is 114 Å². The molecule has 1 aromatic rings. The van der Waals surface area contributed by atoms with Crippen LogP contribution < -0.4 is 15.8 Å². The molecule has 1 aliphatic rings. The maximum absolute atomic E-state index is 11.0. The number of hydrogen-bond donors (Lipinski definition) is 2. The molecule has 0 aliphatic heterocycles. The van der Waals surface area contributed by atoms with Gasteiger partial charge in [0.25, 0.3) is 5.91 Å². The van der Waals surface area contributed by atoms with Gasteiger partial charge in [-0.2, -0.15) is 0 Å². The summed E-state index contributed by atoms with van der Waals surface area (Å²) in [5.41, 5.74) is 7.89. The highest BCUT2D eigenvalue weighted by Gasteiger charge is 2.20. The van der Waals surface area contributed by atoms with E-state index in [9.17, 15) is 4.79 Å². The van der Waals surface area contributed by atoms with E-state index in [-0.39, 0.29) is 0 Å². The molecule has 2 unspecified atom stereocenters. The molecule has 19 heavy (non-hydrogen) atoms. The van der Waals surface area contributed by atoms with Crippen molar-refractivity contribution in [3.05, 3.63) is 29.3 Å². The van der Waals surface area contributed by atoms with E-state index in [1.165, 1.54) is 17.5 Å². The molecule has 2 atom stereocenters. The first kappa shape index (κ1) is 13.9. The van der Waals surface area contributed by atoms with Gasteiger partial charge in [-0.1, -0.05) is 13.0 Å². The van der Waals surface area contributed by atoms with E-state index in [1.807, 2.05) is 12.1 Å². The number of carbonyl (C=O) groups is 1. The largest absolute Gasteiger partial charge is 0.481 e. The standard InChI is InChI=1S/C15H22N2O2/c1-3-17-14-6-4-5-11-7-8-12(9-13(11)14)19-10(2)15(16)18/h7-10,14,17H,3-6H2,1-2H3,(H2,16,18). The van der Waals surface area contributed by atoms with Crippen molar-refractivity contribution in [1.29, 1.82) is 0 Å². The number of benzene rings is 1. The molecule has 3 N–H and O–H groups in total. The van der Waals surface area contributed by atoms with Crippen LogP contribution in [0.1, 0.15) is 43.9 Å². The molecule has 1 amide bonds. The van der Waals surface area contributed by atoms with Gasteiger partial charge in [-0.05, 0) is 56.0 Å². The quantitative estimate of drug-likeness (QED) is 0.852. The minimum atomic E-state index is -0.598. The number of primary amides is 1. The second kappa shape index (κ2) is 6.06. The number of ether oxygens (including phenoxy) is 1. The summed E-state index contributed by atoms with van der Waals surface area (Å²) in [4.78, 5) is 11.0. The maximum Gasteiger partial charge on any atom is 0.258 e. The molecule has 4 nitrogen and oxygen atoms in total. The van der Waals surface area contributed by atoms with Crippen molar-refractivity contribution >= 4 is 5.91 Å². The normalized spacial score (nSPS) is 19.6. The van der Waals surface area contributed by atoms with Crippen molar-refractivity contribution in [3.63, 3.8) is 0 Å². The first-order valence-corrected chi connectivity index (χ1v) is 6.94. The van der Waals surface area contributed by atoms with Crippen LogP contribution in [0.15, 0.2) is 18.2 Å². The van der Waals surface area contributed by atoms with Gasteiger partial charge < -0.3 is 15.8 Å². The Hall–Kier alpha value is -1.55. The van der Waals surface area contributed by atoms with Crippen molar-refractivity contribution in [2.75, 3.05) is 6.54 Å². The van der Waals surface area contributed by atoms with E-state index in [0.717, 1.165) is 25.1 Å². The van der Waals surface area contributed by atoms with Crippen LogP contribution in [0, 0.1) is 0 Å². The molecule has 0 heterocycles. The van der Waals surface area contributed by atoms with E-state index in [2.05, 4.69) is 18.3 Å². The van der Waals surface area contributed by atoms with Crippen LogP contribution in [0.3, 0.4) is 0 Å². The Morgan fingerprint density at radius 2 is 2.37 bits per heavy atom. The highest BCUT2D eigenvalue weighted by Crippen LogP contribution is 2.32. The molecule has 0 saturated heterocycles. The summed E-state index contributed by atoms with van der Waals surface area (Å²) in [5, 5.41) is 3.50. The van der Waals surface area contributed by atoms with Gasteiger partial charge in [-0.3, -0.25) is 4.79 Å². The first-order valence-electron chi connectivity index (χ1n) is 6.94.